The molecule has 4 N–H and O–H groups in total. The van der Waals surface area contributed by atoms with Crippen LogP contribution in [0.25, 0.3) is 0 Å². The molecule has 0 unspecified atom stereocenters. The lowest BCUT2D eigenvalue weighted by Gasteiger charge is -2.35. The van der Waals surface area contributed by atoms with Gasteiger partial charge in [-0.25, -0.2) is 4.79 Å². The normalized spacial score (nSPS) is 19.3. The fourth-order valence-corrected chi connectivity index (χ4v) is 1.91. The molecule has 1 aliphatic rings. The molecule has 1 amide bonds. The molecule has 0 bridgehead atoms. The van der Waals surface area contributed by atoms with Crippen LogP contribution in [-0.4, -0.2) is 37.9 Å². The van der Waals surface area contributed by atoms with Crippen molar-refractivity contribution >= 4 is 6.09 Å². The minimum Gasteiger partial charge on any atom is -0.442 e. The molecule has 0 aliphatic carbocycles. The highest BCUT2D eigenvalue weighted by Crippen LogP contribution is 2.27. The molecule has 1 saturated heterocycles. The summed E-state index contributed by atoms with van der Waals surface area (Å²) in [7, 11) is 0. The summed E-state index contributed by atoms with van der Waals surface area (Å²) in [6.07, 6.45) is 1.35. The minimum atomic E-state index is -0.566. The van der Waals surface area contributed by atoms with Crippen LogP contribution in [0.1, 0.15) is 33.6 Å². The number of carbonyl (C=O) groups excluding carboxylic acids is 1. The lowest BCUT2D eigenvalue weighted by atomic mass is 9.80. The van der Waals surface area contributed by atoms with E-state index in [9.17, 15) is 4.79 Å². The van der Waals surface area contributed by atoms with Crippen LogP contribution in [0.2, 0.25) is 0 Å². The fraction of sp³-hybridized carbons (Fsp3) is 0.917. The van der Waals surface area contributed by atoms with Gasteiger partial charge in [0.25, 0.3) is 0 Å². The molecule has 1 heterocycles. The van der Waals surface area contributed by atoms with E-state index < -0.39 is 11.7 Å². The van der Waals surface area contributed by atoms with Crippen molar-refractivity contribution in [1.29, 1.82) is 0 Å². The number of hydrogen-bond acceptors (Lipinski definition) is 5. The van der Waals surface area contributed by atoms with E-state index in [2.05, 4.69) is 10.8 Å². The molecular weight excluding hydrogens is 234 g/mol. The van der Waals surface area contributed by atoms with Crippen molar-refractivity contribution in [3.8, 4) is 0 Å². The van der Waals surface area contributed by atoms with Crippen LogP contribution in [0.3, 0.4) is 0 Å². The summed E-state index contributed by atoms with van der Waals surface area (Å²) in [4.78, 5) is 16.6. The van der Waals surface area contributed by atoms with Crippen molar-refractivity contribution in [3.63, 3.8) is 0 Å². The molecule has 0 atom stereocenters. The molecule has 6 nitrogen and oxygen atoms in total. The largest absolute Gasteiger partial charge is 0.442 e. The number of amides is 1. The van der Waals surface area contributed by atoms with Gasteiger partial charge in [-0.2, -0.15) is 5.48 Å². The van der Waals surface area contributed by atoms with Gasteiger partial charge in [0.1, 0.15) is 5.60 Å². The highest BCUT2D eigenvalue weighted by molar-refractivity contribution is 5.66. The van der Waals surface area contributed by atoms with E-state index in [1.807, 2.05) is 0 Å². The van der Waals surface area contributed by atoms with Gasteiger partial charge in [0.05, 0.1) is 6.61 Å². The standard InChI is InChI=1S/C12H25N3O3/c1-11(2,3)18-10(16)15-17-9-12(8-13)4-6-14-7-5-12/h14H,4-9,13H2,1-3H3,(H,15,16). The summed E-state index contributed by atoms with van der Waals surface area (Å²) in [5.74, 6) is 0. The van der Waals surface area contributed by atoms with Crippen molar-refractivity contribution in [3.05, 3.63) is 0 Å². The molecule has 1 aliphatic heterocycles. The predicted octanol–water partition coefficient (Wildman–Crippen LogP) is 0.771. The molecule has 0 radical (unpaired) electrons. The first kappa shape index (κ1) is 15.2. The van der Waals surface area contributed by atoms with Gasteiger partial charge < -0.3 is 15.8 Å². The topological polar surface area (TPSA) is 85.6 Å². The summed E-state index contributed by atoms with van der Waals surface area (Å²) in [6.45, 7) is 8.28. The van der Waals surface area contributed by atoms with E-state index in [1.54, 1.807) is 20.8 Å². The summed E-state index contributed by atoms with van der Waals surface area (Å²) < 4.78 is 5.08. The molecule has 0 aromatic carbocycles. The number of piperidine rings is 1. The van der Waals surface area contributed by atoms with Gasteiger partial charge in [0.15, 0.2) is 0 Å². The Morgan fingerprint density at radius 1 is 1.39 bits per heavy atom. The van der Waals surface area contributed by atoms with Gasteiger partial charge in [-0.1, -0.05) is 0 Å². The summed E-state index contributed by atoms with van der Waals surface area (Å²) in [5, 5.41) is 3.28. The average molecular weight is 259 g/mol. The third-order valence-electron chi connectivity index (χ3n) is 3.03. The van der Waals surface area contributed by atoms with Crippen LogP contribution in [0.4, 0.5) is 4.79 Å². The van der Waals surface area contributed by atoms with Crippen LogP contribution in [0.15, 0.2) is 0 Å². The predicted molar refractivity (Wildman–Crippen MR) is 68.9 cm³/mol. The number of nitrogens with two attached hydrogens (primary N) is 1. The van der Waals surface area contributed by atoms with E-state index >= 15 is 0 Å². The van der Waals surface area contributed by atoms with Crippen LogP contribution < -0.4 is 16.5 Å². The van der Waals surface area contributed by atoms with E-state index in [0.717, 1.165) is 25.9 Å². The smallest absolute Gasteiger partial charge is 0.431 e. The lowest BCUT2D eigenvalue weighted by Crippen LogP contribution is -2.46. The molecule has 1 fully saturated rings. The number of carbonyl (C=O) groups is 1. The van der Waals surface area contributed by atoms with Crippen LogP contribution >= 0.6 is 0 Å². The molecular formula is C12H25N3O3. The zero-order chi connectivity index (χ0) is 13.6. The Bertz CT molecular complexity index is 270. The van der Waals surface area contributed by atoms with Crippen LogP contribution in [0, 0.1) is 5.41 Å². The molecule has 0 aromatic heterocycles. The van der Waals surface area contributed by atoms with Crippen molar-refractivity contribution in [2.45, 2.75) is 39.2 Å². The molecule has 6 heteroatoms. The molecule has 0 spiro atoms. The van der Waals surface area contributed by atoms with E-state index in [4.69, 9.17) is 15.3 Å². The third-order valence-corrected chi connectivity index (χ3v) is 3.03. The highest BCUT2D eigenvalue weighted by atomic mass is 16.7. The van der Waals surface area contributed by atoms with Crippen molar-refractivity contribution in [2.75, 3.05) is 26.2 Å². The molecule has 18 heavy (non-hydrogen) atoms. The van der Waals surface area contributed by atoms with E-state index in [0.29, 0.717) is 13.2 Å². The number of hydroxylamine groups is 1. The quantitative estimate of drug-likeness (QED) is 0.649. The Morgan fingerprint density at radius 2 is 2.00 bits per heavy atom. The fourth-order valence-electron chi connectivity index (χ4n) is 1.91. The first-order valence-electron chi connectivity index (χ1n) is 6.38. The maximum atomic E-state index is 11.4. The van der Waals surface area contributed by atoms with Crippen molar-refractivity contribution in [2.24, 2.45) is 11.1 Å². The second kappa shape index (κ2) is 6.36. The number of hydrogen-bond donors (Lipinski definition) is 3. The molecule has 106 valence electrons. The lowest BCUT2D eigenvalue weighted by molar-refractivity contribution is -0.0430. The Kier molecular flexibility index (Phi) is 5.37. The first-order chi connectivity index (χ1) is 8.37. The molecule has 1 rings (SSSR count). The van der Waals surface area contributed by atoms with Gasteiger partial charge in [-0.05, 0) is 46.7 Å². The monoisotopic (exact) mass is 259 g/mol. The minimum absolute atomic E-state index is 0.0414. The number of rotatable bonds is 4. The summed E-state index contributed by atoms with van der Waals surface area (Å²) >= 11 is 0. The number of ether oxygens (including phenoxy) is 1. The zero-order valence-corrected chi connectivity index (χ0v) is 11.5. The van der Waals surface area contributed by atoms with E-state index in [1.165, 1.54) is 0 Å². The maximum absolute atomic E-state index is 11.4. The first-order valence-corrected chi connectivity index (χ1v) is 6.38. The van der Waals surface area contributed by atoms with Crippen molar-refractivity contribution < 1.29 is 14.4 Å². The highest BCUT2D eigenvalue weighted by Gasteiger charge is 2.31. The van der Waals surface area contributed by atoms with Crippen LogP contribution in [-0.2, 0) is 9.57 Å². The third kappa shape index (κ3) is 5.20. The van der Waals surface area contributed by atoms with Crippen molar-refractivity contribution in [1.82, 2.24) is 10.8 Å². The summed E-state index contributed by atoms with van der Waals surface area (Å²) in [6, 6.07) is 0. The Balaban J connectivity index is 2.29. The van der Waals surface area contributed by atoms with Gasteiger partial charge in [-0.15, -0.1) is 0 Å². The zero-order valence-electron chi connectivity index (χ0n) is 11.5. The second-order valence-electron chi connectivity index (χ2n) is 5.85. The van der Waals surface area contributed by atoms with Gasteiger partial charge in [0, 0.05) is 12.0 Å². The Labute approximate surface area is 109 Å². The Morgan fingerprint density at radius 3 is 2.50 bits per heavy atom. The Hall–Kier alpha value is -0.850. The van der Waals surface area contributed by atoms with E-state index in [-0.39, 0.29) is 5.41 Å². The molecule has 0 saturated carbocycles. The van der Waals surface area contributed by atoms with Gasteiger partial charge >= 0.3 is 6.09 Å². The van der Waals surface area contributed by atoms with Crippen LogP contribution in [0.5, 0.6) is 0 Å². The number of nitrogens with one attached hydrogen (secondary N) is 2. The van der Waals surface area contributed by atoms with Gasteiger partial charge in [-0.3, -0.25) is 4.84 Å². The summed E-state index contributed by atoms with van der Waals surface area (Å²) in [5.41, 5.74) is 7.55. The average Bonchev–Trinajstić information content (AvgIpc) is 2.28. The van der Waals surface area contributed by atoms with Gasteiger partial charge in [0.2, 0.25) is 0 Å². The molecule has 0 aromatic rings. The second-order valence-corrected chi connectivity index (χ2v) is 5.85. The maximum Gasteiger partial charge on any atom is 0.431 e. The SMILES string of the molecule is CC(C)(C)OC(=O)NOCC1(CN)CCNCC1.